The molecule has 0 heterocycles. The van der Waals surface area contributed by atoms with Gasteiger partial charge in [0.25, 0.3) is 5.69 Å². The van der Waals surface area contributed by atoms with Crippen molar-refractivity contribution in [1.29, 1.82) is 0 Å². The van der Waals surface area contributed by atoms with E-state index in [0.29, 0.717) is 5.69 Å². The topological polar surface area (TPSA) is 131 Å². The van der Waals surface area contributed by atoms with E-state index in [-0.39, 0.29) is 23.0 Å². The van der Waals surface area contributed by atoms with E-state index in [4.69, 9.17) is 16.3 Å². The second-order valence-electron chi connectivity index (χ2n) is 5.68. The van der Waals surface area contributed by atoms with E-state index >= 15 is 0 Å². The quantitative estimate of drug-likeness (QED) is 0.488. The lowest BCUT2D eigenvalue weighted by Gasteiger charge is -2.26. The van der Waals surface area contributed by atoms with E-state index in [0.717, 1.165) is 12.1 Å². The van der Waals surface area contributed by atoms with Crippen molar-refractivity contribution in [3.63, 3.8) is 0 Å². The Labute approximate surface area is 159 Å². The zero-order valence-corrected chi connectivity index (χ0v) is 14.9. The predicted octanol–water partition coefficient (Wildman–Crippen LogP) is 3.29. The number of ether oxygens (including phenoxy) is 1. The molecule has 0 saturated heterocycles. The SMILES string of the molecule is CC(CNC(=O)Nc1ccccc1)(Oc1ccc([N+](=O)[O-])c(Cl)c1)C(=O)O. The van der Waals surface area contributed by atoms with Gasteiger partial charge in [0.15, 0.2) is 0 Å². The van der Waals surface area contributed by atoms with E-state index in [1.165, 1.54) is 13.0 Å². The smallest absolute Gasteiger partial charge is 0.349 e. The van der Waals surface area contributed by atoms with Crippen LogP contribution < -0.4 is 15.4 Å². The number of urea groups is 1. The minimum absolute atomic E-state index is 0.0146. The lowest BCUT2D eigenvalue weighted by molar-refractivity contribution is -0.384. The highest BCUT2D eigenvalue weighted by molar-refractivity contribution is 6.32. The number of benzene rings is 2. The summed E-state index contributed by atoms with van der Waals surface area (Å²) in [6, 6.07) is 11.5. The van der Waals surface area contributed by atoms with Crippen molar-refractivity contribution in [3.05, 3.63) is 63.7 Å². The van der Waals surface area contributed by atoms with Gasteiger partial charge in [-0.3, -0.25) is 10.1 Å². The van der Waals surface area contributed by atoms with Gasteiger partial charge in [-0.2, -0.15) is 0 Å². The van der Waals surface area contributed by atoms with Crippen LogP contribution in [0.2, 0.25) is 5.02 Å². The number of nitro benzene ring substituents is 1. The average molecular weight is 394 g/mol. The molecule has 2 aromatic rings. The average Bonchev–Trinajstić information content (AvgIpc) is 2.60. The number of para-hydroxylation sites is 1. The first-order valence-electron chi connectivity index (χ1n) is 7.67. The summed E-state index contributed by atoms with van der Waals surface area (Å²) >= 11 is 5.80. The number of halogens is 1. The fourth-order valence-corrected chi connectivity index (χ4v) is 2.30. The van der Waals surface area contributed by atoms with Crippen LogP contribution in [0, 0.1) is 10.1 Å². The molecule has 0 aliphatic carbocycles. The van der Waals surface area contributed by atoms with Gasteiger partial charge in [-0.25, -0.2) is 9.59 Å². The Kier molecular flexibility index (Phi) is 6.19. The number of nitrogens with one attached hydrogen (secondary N) is 2. The number of hydrogen-bond donors (Lipinski definition) is 3. The van der Waals surface area contributed by atoms with Crippen molar-refractivity contribution in [2.24, 2.45) is 0 Å². The van der Waals surface area contributed by atoms with Gasteiger partial charge >= 0.3 is 12.0 Å². The van der Waals surface area contributed by atoms with Crippen molar-refractivity contribution < 1.29 is 24.4 Å². The largest absolute Gasteiger partial charge is 0.478 e. The molecule has 9 nitrogen and oxygen atoms in total. The highest BCUT2D eigenvalue weighted by Gasteiger charge is 2.36. The molecule has 1 atom stereocenters. The minimum Gasteiger partial charge on any atom is -0.478 e. The molecule has 3 N–H and O–H groups in total. The first-order chi connectivity index (χ1) is 12.7. The number of carbonyl (C=O) groups excluding carboxylic acids is 1. The minimum atomic E-state index is -1.83. The Hall–Kier alpha value is -3.33. The monoisotopic (exact) mass is 393 g/mol. The van der Waals surface area contributed by atoms with Crippen LogP contribution >= 0.6 is 11.6 Å². The Morgan fingerprint density at radius 3 is 2.48 bits per heavy atom. The maximum Gasteiger partial charge on any atom is 0.349 e. The first-order valence-corrected chi connectivity index (χ1v) is 8.05. The molecule has 0 aliphatic heterocycles. The third-order valence-electron chi connectivity index (χ3n) is 3.53. The summed E-state index contributed by atoms with van der Waals surface area (Å²) in [5, 5.41) is 25.0. The molecule has 27 heavy (non-hydrogen) atoms. The van der Waals surface area contributed by atoms with Crippen LogP contribution in [-0.4, -0.2) is 34.2 Å². The standard InChI is InChI=1S/C17H16ClN3O6/c1-17(15(22)23,10-19-16(24)20-11-5-3-2-4-6-11)27-12-7-8-14(21(25)26)13(18)9-12/h2-9H,10H2,1H3,(H,22,23)(H2,19,20,24). The maximum atomic E-state index is 11.9. The summed E-state index contributed by atoms with van der Waals surface area (Å²) in [5.74, 6) is -1.32. The lowest BCUT2D eigenvalue weighted by Crippen LogP contribution is -2.51. The Balaban J connectivity index is 2.06. The Morgan fingerprint density at radius 2 is 1.93 bits per heavy atom. The molecule has 10 heteroatoms. The van der Waals surface area contributed by atoms with Gasteiger partial charge in [-0.05, 0) is 25.1 Å². The summed E-state index contributed by atoms with van der Waals surface area (Å²) in [6.45, 7) is 0.892. The number of carboxylic acids is 1. The molecule has 1 unspecified atom stereocenters. The molecule has 142 valence electrons. The van der Waals surface area contributed by atoms with Gasteiger partial charge in [0, 0.05) is 17.8 Å². The molecule has 0 saturated carbocycles. The number of aliphatic carboxylic acids is 1. The van der Waals surface area contributed by atoms with E-state index in [1.807, 2.05) is 0 Å². The van der Waals surface area contributed by atoms with Crippen molar-refractivity contribution in [2.45, 2.75) is 12.5 Å². The number of nitrogens with zero attached hydrogens (tertiary/aromatic N) is 1. The number of hydrogen-bond acceptors (Lipinski definition) is 5. The van der Waals surface area contributed by atoms with Gasteiger partial charge < -0.3 is 20.5 Å². The van der Waals surface area contributed by atoms with Crippen LogP contribution in [0.15, 0.2) is 48.5 Å². The fraction of sp³-hybridized carbons (Fsp3) is 0.176. The Morgan fingerprint density at radius 1 is 1.26 bits per heavy atom. The van der Waals surface area contributed by atoms with E-state index in [1.54, 1.807) is 30.3 Å². The van der Waals surface area contributed by atoms with Crippen LogP contribution in [0.1, 0.15) is 6.92 Å². The van der Waals surface area contributed by atoms with Crippen molar-refractivity contribution >= 4 is 35.0 Å². The molecule has 2 rings (SSSR count). The fourth-order valence-electron chi connectivity index (χ4n) is 2.06. The van der Waals surface area contributed by atoms with E-state index < -0.39 is 22.5 Å². The summed E-state index contributed by atoms with van der Waals surface area (Å²) in [5.41, 5.74) is -1.62. The van der Waals surface area contributed by atoms with Gasteiger partial charge in [0.2, 0.25) is 5.60 Å². The molecule has 0 aliphatic rings. The highest BCUT2D eigenvalue weighted by Crippen LogP contribution is 2.30. The molecule has 0 aromatic heterocycles. The molecular weight excluding hydrogens is 378 g/mol. The normalized spacial score (nSPS) is 12.5. The summed E-state index contributed by atoms with van der Waals surface area (Å²) in [4.78, 5) is 33.7. The molecule has 2 amide bonds. The van der Waals surface area contributed by atoms with Crippen LogP contribution in [0.3, 0.4) is 0 Å². The molecule has 0 bridgehead atoms. The zero-order valence-electron chi connectivity index (χ0n) is 14.1. The lowest BCUT2D eigenvalue weighted by atomic mass is 10.1. The second kappa shape index (κ2) is 8.37. The third kappa shape index (κ3) is 5.32. The van der Waals surface area contributed by atoms with Crippen LogP contribution in [0.4, 0.5) is 16.2 Å². The Bertz CT molecular complexity index is 861. The molecule has 0 radical (unpaired) electrons. The van der Waals surface area contributed by atoms with E-state index in [2.05, 4.69) is 10.6 Å². The van der Waals surface area contributed by atoms with Gasteiger partial charge in [-0.1, -0.05) is 29.8 Å². The van der Waals surface area contributed by atoms with Crippen molar-refractivity contribution in [1.82, 2.24) is 5.32 Å². The van der Waals surface area contributed by atoms with Crippen LogP contribution in [0.25, 0.3) is 0 Å². The zero-order chi connectivity index (χ0) is 20.0. The van der Waals surface area contributed by atoms with Gasteiger partial charge in [-0.15, -0.1) is 0 Å². The summed E-state index contributed by atoms with van der Waals surface area (Å²) < 4.78 is 5.43. The summed E-state index contributed by atoms with van der Waals surface area (Å²) in [7, 11) is 0. The van der Waals surface area contributed by atoms with Crippen LogP contribution in [0.5, 0.6) is 5.75 Å². The second-order valence-corrected chi connectivity index (χ2v) is 6.09. The van der Waals surface area contributed by atoms with Gasteiger partial charge in [0.05, 0.1) is 11.5 Å². The molecule has 0 fully saturated rings. The number of nitro groups is 1. The highest BCUT2D eigenvalue weighted by atomic mass is 35.5. The number of amides is 2. The first kappa shape index (κ1) is 20.0. The number of rotatable bonds is 7. The number of anilines is 1. The summed E-state index contributed by atoms with van der Waals surface area (Å²) in [6.07, 6.45) is 0. The van der Waals surface area contributed by atoms with E-state index in [9.17, 15) is 24.8 Å². The molecule has 2 aromatic carbocycles. The number of carboxylic acid groups (broad SMARTS) is 1. The molecular formula is C17H16ClN3O6. The van der Waals surface area contributed by atoms with Crippen molar-refractivity contribution in [3.8, 4) is 5.75 Å². The predicted molar refractivity (Wildman–Crippen MR) is 98.2 cm³/mol. The maximum absolute atomic E-state index is 11.9. The number of carbonyl (C=O) groups is 2. The van der Waals surface area contributed by atoms with Gasteiger partial charge in [0.1, 0.15) is 10.8 Å². The molecule has 0 spiro atoms. The third-order valence-corrected chi connectivity index (χ3v) is 3.83. The van der Waals surface area contributed by atoms with Crippen molar-refractivity contribution in [2.75, 3.05) is 11.9 Å². The van der Waals surface area contributed by atoms with Crippen LogP contribution in [-0.2, 0) is 4.79 Å².